The number of anilines is 1. The summed E-state index contributed by atoms with van der Waals surface area (Å²) in [5, 5.41) is 18.2. The number of para-hydroxylation sites is 1. The maximum atomic E-state index is 9.16. The zero-order valence-corrected chi connectivity index (χ0v) is 11.3. The van der Waals surface area contributed by atoms with Gasteiger partial charge in [-0.25, -0.2) is 4.98 Å². The molecule has 0 aliphatic rings. The molecule has 3 rings (SSSR count). The highest BCUT2D eigenvalue weighted by molar-refractivity contribution is 5.86. The predicted molar refractivity (Wildman–Crippen MR) is 79.6 cm³/mol. The van der Waals surface area contributed by atoms with Gasteiger partial charge >= 0.3 is 0 Å². The zero-order valence-electron chi connectivity index (χ0n) is 11.3. The van der Waals surface area contributed by atoms with Crippen LogP contribution in [-0.2, 0) is 0 Å². The highest BCUT2D eigenvalue weighted by Gasteiger charge is 2.14. The van der Waals surface area contributed by atoms with Crippen molar-refractivity contribution < 1.29 is 0 Å². The fourth-order valence-electron chi connectivity index (χ4n) is 2.38. The van der Waals surface area contributed by atoms with E-state index in [1.54, 1.807) is 28.8 Å². The van der Waals surface area contributed by atoms with Crippen molar-refractivity contribution in [2.75, 3.05) is 5.73 Å². The summed E-state index contributed by atoms with van der Waals surface area (Å²) in [5.41, 5.74) is 10.2. The largest absolute Gasteiger partial charge is 0.369 e. The molecule has 1 heterocycles. The topological polar surface area (TPSA) is 91.4 Å². The van der Waals surface area contributed by atoms with Crippen LogP contribution in [0.4, 0.5) is 5.95 Å². The molecule has 0 aliphatic carbocycles. The number of hydrogen-bond donors (Lipinski definition) is 1. The molecule has 0 aliphatic heterocycles. The van der Waals surface area contributed by atoms with Crippen LogP contribution < -0.4 is 5.73 Å². The maximum Gasteiger partial charge on any atom is 0.205 e. The Morgan fingerprint density at radius 3 is 2.67 bits per heavy atom. The van der Waals surface area contributed by atoms with Crippen LogP contribution in [0.5, 0.6) is 0 Å². The number of aryl methyl sites for hydroxylation is 1. The van der Waals surface area contributed by atoms with Crippen LogP contribution in [-0.4, -0.2) is 9.55 Å². The van der Waals surface area contributed by atoms with E-state index < -0.39 is 0 Å². The van der Waals surface area contributed by atoms with E-state index >= 15 is 0 Å². The van der Waals surface area contributed by atoms with Crippen molar-refractivity contribution in [2.24, 2.45) is 0 Å². The van der Waals surface area contributed by atoms with Crippen LogP contribution in [0.15, 0.2) is 36.4 Å². The lowest BCUT2D eigenvalue weighted by Gasteiger charge is -2.10. The smallest absolute Gasteiger partial charge is 0.205 e. The number of fused-ring (bicyclic) bond motifs is 1. The van der Waals surface area contributed by atoms with E-state index in [1.165, 1.54) is 0 Å². The summed E-state index contributed by atoms with van der Waals surface area (Å²) >= 11 is 0. The molecule has 2 aromatic carbocycles. The van der Waals surface area contributed by atoms with E-state index in [9.17, 15) is 0 Å². The second kappa shape index (κ2) is 4.66. The molecule has 5 heteroatoms. The molecule has 0 fully saturated rings. The van der Waals surface area contributed by atoms with Gasteiger partial charge in [0.1, 0.15) is 11.6 Å². The molecule has 0 atom stereocenters. The third-order valence-corrected chi connectivity index (χ3v) is 3.41. The normalized spacial score (nSPS) is 10.2. The first-order chi connectivity index (χ1) is 10.2. The Hall–Kier alpha value is -3.31. The SMILES string of the molecule is Cc1ccc(C#N)cc1-n1c(N)nc2c(C#N)cccc21. The zero-order chi connectivity index (χ0) is 15.0. The first-order valence-corrected chi connectivity index (χ1v) is 6.34. The summed E-state index contributed by atoms with van der Waals surface area (Å²) in [5.74, 6) is 0.297. The molecule has 5 nitrogen and oxygen atoms in total. The van der Waals surface area contributed by atoms with Crippen LogP contribution in [0.25, 0.3) is 16.7 Å². The fourth-order valence-corrected chi connectivity index (χ4v) is 2.38. The van der Waals surface area contributed by atoms with E-state index in [-0.39, 0.29) is 0 Å². The Bertz CT molecular complexity index is 938. The van der Waals surface area contributed by atoms with Crippen LogP contribution in [0.2, 0.25) is 0 Å². The second-order valence-electron chi connectivity index (χ2n) is 4.70. The Kier molecular flexibility index (Phi) is 2.82. The van der Waals surface area contributed by atoms with Gasteiger partial charge in [-0.2, -0.15) is 10.5 Å². The van der Waals surface area contributed by atoms with Crippen LogP contribution >= 0.6 is 0 Å². The molecular weight excluding hydrogens is 262 g/mol. The summed E-state index contributed by atoms with van der Waals surface area (Å²) in [6.45, 7) is 1.94. The predicted octanol–water partition coefficient (Wildman–Crippen LogP) is 2.66. The highest BCUT2D eigenvalue weighted by atomic mass is 15.2. The summed E-state index contributed by atoms with van der Waals surface area (Å²) in [6.07, 6.45) is 0. The van der Waals surface area contributed by atoms with E-state index in [0.717, 1.165) is 16.8 Å². The van der Waals surface area contributed by atoms with Crippen molar-refractivity contribution >= 4 is 17.0 Å². The van der Waals surface area contributed by atoms with Gasteiger partial charge in [-0.3, -0.25) is 4.57 Å². The fraction of sp³-hybridized carbons (Fsp3) is 0.0625. The van der Waals surface area contributed by atoms with Gasteiger partial charge in [0.25, 0.3) is 0 Å². The molecule has 0 saturated heterocycles. The number of benzene rings is 2. The molecule has 0 bridgehead atoms. The van der Waals surface area contributed by atoms with E-state index in [0.29, 0.717) is 22.6 Å². The van der Waals surface area contributed by atoms with Crippen molar-refractivity contribution in [1.29, 1.82) is 10.5 Å². The van der Waals surface area contributed by atoms with Crippen molar-refractivity contribution in [3.63, 3.8) is 0 Å². The number of rotatable bonds is 1. The van der Waals surface area contributed by atoms with Crippen molar-refractivity contribution in [3.8, 4) is 17.8 Å². The van der Waals surface area contributed by atoms with Gasteiger partial charge in [0.05, 0.1) is 28.4 Å². The molecule has 0 amide bonds. The third kappa shape index (κ3) is 1.89. The van der Waals surface area contributed by atoms with Gasteiger partial charge in [0, 0.05) is 0 Å². The summed E-state index contributed by atoms with van der Waals surface area (Å²) < 4.78 is 1.77. The molecule has 2 N–H and O–H groups in total. The molecular formula is C16H11N5. The van der Waals surface area contributed by atoms with Gasteiger partial charge in [-0.1, -0.05) is 12.1 Å². The molecule has 1 aromatic heterocycles. The molecule has 21 heavy (non-hydrogen) atoms. The number of nitrogens with two attached hydrogens (primary N) is 1. The monoisotopic (exact) mass is 273 g/mol. The van der Waals surface area contributed by atoms with Crippen molar-refractivity contribution in [2.45, 2.75) is 6.92 Å². The van der Waals surface area contributed by atoms with E-state index in [2.05, 4.69) is 17.1 Å². The molecule has 0 saturated carbocycles. The average Bonchev–Trinajstić information content (AvgIpc) is 2.83. The van der Waals surface area contributed by atoms with Crippen LogP contribution in [0.1, 0.15) is 16.7 Å². The highest BCUT2D eigenvalue weighted by Crippen LogP contribution is 2.27. The van der Waals surface area contributed by atoms with Gasteiger partial charge in [-0.05, 0) is 36.8 Å². The molecule has 0 radical (unpaired) electrons. The first-order valence-electron chi connectivity index (χ1n) is 6.34. The number of nitrogens with zero attached hydrogens (tertiary/aromatic N) is 4. The van der Waals surface area contributed by atoms with Gasteiger partial charge in [0.15, 0.2) is 0 Å². The van der Waals surface area contributed by atoms with Gasteiger partial charge < -0.3 is 5.73 Å². The minimum absolute atomic E-state index is 0.297. The lowest BCUT2D eigenvalue weighted by atomic mass is 10.1. The molecule has 0 spiro atoms. The van der Waals surface area contributed by atoms with Crippen molar-refractivity contribution in [3.05, 3.63) is 53.1 Å². The number of imidazole rings is 1. The average molecular weight is 273 g/mol. The number of nitriles is 2. The molecule has 3 aromatic rings. The van der Waals surface area contributed by atoms with Crippen LogP contribution in [0.3, 0.4) is 0 Å². The second-order valence-corrected chi connectivity index (χ2v) is 4.70. The standard InChI is InChI=1S/C16H11N5/c1-10-5-6-11(8-17)7-14(10)21-13-4-2-3-12(9-18)15(13)20-16(21)19/h2-7H,1H3,(H2,19,20). The lowest BCUT2D eigenvalue weighted by molar-refractivity contribution is 1.09. The summed E-state index contributed by atoms with van der Waals surface area (Å²) in [7, 11) is 0. The van der Waals surface area contributed by atoms with Crippen molar-refractivity contribution in [1.82, 2.24) is 9.55 Å². The molecule has 100 valence electrons. The van der Waals surface area contributed by atoms with Crippen LogP contribution in [0, 0.1) is 29.6 Å². The maximum absolute atomic E-state index is 9.16. The number of nitrogen functional groups attached to an aromatic ring is 1. The van der Waals surface area contributed by atoms with E-state index in [1.807, 2.05) is 19.1 Å². The minimum atomic E-state index is 0.297. The Morgan fingerprint density at radius 2 is 1.95 bits per heavy atom. The Balaban J connectivity index is 2.39. The van der Waals surface area contributed by atoms with Gasteiger partial charge in [-0.15, -0.1) is 0 Å². The van der Waals surface area contributed by atoms with Gasteiger partial charge in [0.2, 0.25) is 5.95 Å². The number of hydrogen-bond acceptors (Lipinski definition) is 4. The lowest BCUT2D eigenvalue weighted by Crippen LogP contribution is -2.03. The number of aromatic nitrogens is 2. The summed E-state index contributed by atoms with van der Waals surface area (Å²) in [4.78, 5) is 4.29. The quantitative estimate of drug-likeness (QED) is 0.737. The minimum Gasteiger partial charge on any atom is -0.369 e. The Labute approximate surface area is 121 Å². The third-order valence-electron chi connectivity index (χ3n) is 3.41. The van der Waals surface area contributed by atoms with E-state index in [4.69, 9.17) is 16.3 Å². The Morgan fingerprint density at radius 1 is 1.14 bits per heavy atom. The summed E-state index contributed by atoms with van der Waals surface area (Å²) in [6, 6.07) is 15.0. The first kappa shape index (κ1) is 12.7. The molecule has 0 unspecified atom stereocenters.